The van der Waals surface area contributed by atoms with Crippen LogP contribution in [0.5, 0.6) is 0 Å². The zero-order valence-corrected chi connectivity index (χ0v) is 12.2. The Bertz CT molecular complexity index is 690. The van der Waals surface area contributed by atoms with Gasteiger partial charge >= 0.3 is 11.9 Å². The van der Waals surface area contributed by atoms with Gasteiger partial charge in [0.25, 0.3) is 0 Å². The molecule has 0 aliphatic heterocycles. The van der Waals surface area contributed by atoms with Crippen LogP contribution >= 0.6 is 0 Å². The lowest BCUT2D eigenvalue weighted by atomic mass is 10.1. The summed E-state index contributed by atoms with van der Waals surface area (Å²) < 4.78 is 15.0. The molecule has 2 rings (SSSR count). The second-order valence-corrected chi connectivity index (χ2v) is 4.49. The average molecular weight is 301 g/mol. The molecular weight excluding hydrogens is 286 g/mol. The van der Waals surface area contributed by atoms with E-state index in [9.17, 15) is 9.59 Å². The number of methoxy groups -OCH3 is 1. The number of nitrogens with zero attached hydrogens (tertiary/aromatic N) is 1. The minimum Gasteiger partial charge on any atom is -0.466 e. The van der Waals surface area contributed by atoms with E-state index < -0.39 is 18.0 Å². The Balaban J connectivity index is 2.32. The SMILES string of the molecule is C=C(C(=O)OC)C(OC(C)=O)c1cc(-c2ccccc2)on1. The molecule has 0 bridgehead atoms. The molecule has 1 unspecified atom stereocenters. The molecular formula is C16H15NO5. The zero-order valence-electron chi connectivity index (χ0n) is 12.2. The molecule has 0 saturated carbocycles. The first kappa shape index (κ1) is 15.5. The summed E-state index contributed by atoms with van der Waals surface area (Å²) in [5.74, 6) is -0.764. The van der Waals surface area contributed by atoms with Crippen LogP contribution in [0, 0.1) is 0 Å². The van der Waals surface area contributed by atoms with E-state index in [4.69, 9.17) is 9.26 Å². The molecule has 0 aliphatic carbocycles. The molecule has 1 atom stereocenters. The van der Waals surface area contributed by atoms with Crippen molar-refractivity contribution in [3.05, 3.63) is 54.2 Å². The van der Waals surface area contributed by atoms with Crippen LogP contribution in [-0.2, 0) is 19.1 Å². The van der Waals surface area contributed by atoms with E-state index in [0.29, 0.717) is 5.76 Å². The van der Waals surface area contributed by atoms with Crippen LogP contribution in [-0.4, -0.2) is 24.2 Å². The molecule has 1 aromatic carbocycles. The highest BCUT2D eigenvalue weighted by Gasteiger charge is 2.28. The van der Waals surface area contributed by atoms with Gasteiger partial charge in [-0.25, -0.2) is 4.79 Å². The molecule has 0 saturated heterocycles. The Morgan fingerprint density at radius 1 is 1.27 bits per heavy atom. The molecule has 114 valence electrons. The first-order chi connectivity index (χ1) is 10.5. The van der Waals surface area contributed by atoms with E-state index in [2.05, 4.69) is 16.5 Å². The summed E-state index contributed by atoms with van der Waals surface area (Å²) in [4.78, 5) is 22.9. The van der Waals surface area contributed by atoms with Crippen LogP contribution in [0.1, 0.15) is 18.7 Å². The van der Waals surface area contributed by atoms with Crippen LogP contribution in [0.25, 0.3) is 11.3 Å². The Morgan fingerprint density at radius 2 is 1.95 bits per heavy atom. The van der Waals surface area contributed by atoms with Crippen LogP contribution in [0.4, 0.5) is 0 Å². The molecule has 0 N–H and O–H groups in total. The van der Waals surface area contributed by atoms with Gasteiger partial charge in [0.15, 0.2) is 11.9 Å². The molecule has 1 heterocycles. The highest BCUT2D eigenvalue weighted by molar-refractivity contribution is 5.89. The summed E-state index contributed by atoms with van der Waals surface area (Å²) in [5.41, 5.74) is 1.04. The lowest BCUT2D eigenvalue weighted by Crippen LogP contribution is -2.17. The topological polar surface area (TPSA) is 78.6 Å². The Morgan fingerprint density at radius 3 is 2.55 bits per heavy atom. The van der Waals surface area contributed by atoms with Crippen molar-refractivity contribution in [3.8, 4) is 11.3 Å². The van der Waals surface area contributed by atoms with E-state index in [1.165, 1.54) is 14.0 Å². The van der Waals surface area contributed by atoms with Crippen molar-refractivity contribution >= 4 is 11.9 Å². The van der Waals surface area contributed by atoms with E-state index in [1.807, 2.05) is 30.3 Å². The van der Waals surface area contributed by atoms with Crippen molar-refractivity contribution in [1.82, 2.24) is 5.16 Å². The fourth-order valence-corrected chi connectivity index (χ4v) is 1.87. The smallest absolute Gasteiger partial charge is 0.337 e. The van der Waals surface area contributed by atoms with Gasteiger partial charge in [0.1, 0.15) is 5.69 Å². The molecule has 2 aromatic rings. The number of aromatic nitrogens is 1. The van der Waals surface area contributed by atoms with E-state index >= 15 is 0 Å². The fourth-order valence-electron chi connectivity index (χ4n) is 1.87. The van der Waals surface area contributed by atoms with Crippen LogP contribution in [0.15, 0.2) is 53.1 Å². The van der Waals surface area contributed by atoms with E-state index in [1.54, 1.807) is 6.07 Å². The van der Waals surface area contributed by atoms with Crippen molar-refractivity contribution in [2.75, 3.05) is 7.11 Å². The molecule has 22 heavy (non-hydrogen) atoms. The van der Waals surface area contributed by atoms with Gasteiger partial charge in [-0.15, -0.1) is 0 Å². The second kappa shape index (κ2) is 6.71. The largest absolute Gasteiger partial charge is 0.466 e. The Kier molecular flexibility index (Phi) is 4.73. The predicted molar refractivity (Wildman–Crippen MR) is 77.6 cm³/mol. The zero-order chi connectivity index (χ0) is 16.1. The number of carbonyl (C=O) groups excluding carboxylic acids is 2. The number of carbonyl (C=O) groups is 2. The van der Waals surface area contributed by atoms with Crippen molar-refractivity contribution < 1.29 is 23.6 Å². The third-order valence-electron chi connectivity index (χ3n) is 2.90. The van der Waals surface area contributed by atoms with Crippen molar-refractivity contribution in [2.24, 2.45) is 0 Å². The lowest BCUT2D eigenvalue weighted by Gasteiger charge is -2.15. The van der Waals surface area contributed by atoms with Crippen molar-refractivity contribution in [2.45, 2.75) is 13.0 Å². The Labute approximate surface area is 127 Å². The minimum absolute atomic E-state index is 0.0365. The van der Waals surface area contributed by atoms with E-state index in [-0.39, 0.29) is 11.3 Å². The molecule has 0 aliphatic rings. The van der Waals surface area contributed by atoms with Gasteiger partial charge in [-0.3, -0.25) is 4.79 Å². The number of hydrogen-bond donors (Lipinski definition) is 0. The van der Waals surface area contributed by atoms with Gasteiger partial charge < -0.3 is 14.0 Å². The number of hydrogen-bond acceptors (Lipinski definition) is 6. The first-order valence-corrected chi connectivity index (χ1v) is 6.49. The molecule has 1 aromatic heterocycles. The monoisotopic (exact) mass is 301 g/mol. The van der Waals surface area contributed by atoms with E-state index in [0.717, 1.165) is 5.56 Å². The maximum absolute atomic E-state index is 11.6. The summed E-state index contributed by atoms with van der Waals surface area (Å²) in [6.07, 6.45) is -1.05. The second-order valence-electron chi connectivity index (χ2n) is 4.49. The third kappa shape index (κ3) is 3.41. The summed E-state index contributed by atoms with van der Waals surface area (Å²) in [6.45, 7) is 4.84. The molecule has 0 fully saturated rings. The van der Waals surface area contributed by atoms with Crippen LogP contribution in [0.3, 0.4) is 0 Å². The number of esters is 2. The van der Waals surface area contributed by atoms with Gasteiger partial charge in [-0.1, -0.05) is 42.1 Å². The molecule has 0 amide bonds. The number of ether oxygens (including phenoxy) is 2. The quantitative estimate of drug-likeness (QED) is 0.624. The average Bonchev–Trinajstić information content (AvgIpc) is 3.01. The molecule has 6 heteroatoms. The summed E-state index contributed by atoms with van der Waals surface area (Å²) in [6, 6.07) is 10.9. The van der Waals surface area contributed by atoms with Gasteiger partial charge in [0.05, 0.1) is 12.7 Å². The standard InChI is InChI=1S/C16H15NO5/c1-10(16(19)20-3)15(21-11(2)18)13-9-14(22-17-13)12-7-5-4-6-8-12/h4-9,15H,1H2,2-3H3. The summed E-state index contributed by atoms with van der Waals surface area (Å²) in [7, 11) is 1.22. The van der Waals surface area contributed by atoms with Gasteiger partial charge in [-0.2, -0.15) is 0 Å². The molecule has 6 nitrogen and oxygen atoms in total. The maximum Gasteiger partial charge on any atom is 0.337 e. The van der Waals surface area contributed by atoms with Crippen LogP contribution < -0.4 is 0 Å². The highest BCUT2D eigenvalue weighted by atomic mass is 16.6. The molecule has 0 spiro atoms. The summed E-state index contributed by atoms with van der Waals surface area (Å²) >= 11 is 0. The fraction of sp³-hybridized carbons (Fsp3) is 0.188. The molecule has 0 radical (unpaired) electrons. The van der Waals surface area contributed by atoms with Crippen molar-refractivity contribution in [3.63, 3.8) is 0 Å². The predicted octanol–water partition coefficient (Wildman–Crippen LogP) is 2.68. The maximum atomic E-state index is 11.6. The van der Waals surface area contributed by atoms with Gasteiger partial charge in [0.2, 0.25) is 0 Å². The van der Waals surface area contributed by atoms with Crippen molar-refractivity contribution in [1.29, 1.82) is 0 Å². The van der Waals surface area contributed by atoms with Gasteiger partial charge in [-0.05, 0) is 0 Å². The number of rotatable bonds is 5. The lowest BCUT2D eigenvalue weighted by molar-refractivity contribution is -0.147. The first-order valence-electron chi connectivity index (χ1n) is 6.49. The minimum atomic E-state index is -1.05. The van der Waals surface area contributed by atoms with Crippen LogP contribution in [0.2, 0.25) is 0 Å². The highest BCUT2D eigenvalue weighted by Crippen LogP contribution is 2.29. The Hall–Kier alpha value is -2.89. The number of benzene rings is 1. The third-order valence-corrected chi connectivity index (χ3v) is 2.90. The summed E-state index contributed by atoms with van der Waals surface area (Å²) in [5, 5.41) is 3.86. The van der Waals surface area contributed by atoms with Gasteiger partial charge in [0, 0.05) is 18.6 Å². The normalized spacial score (nSPS) is 11.5.